The molecule has 0 radical (unpaired) electrons. The minimum Gasteiger partial charge on any atom is -0.496 e. The van der Waals surface area contributed by atoms with Crippen molar-refractivity contribution in [3.63, 3.8) is 0 Å². The van der Waals surface area contributed by atoms with Crippen molar-refractivity contribution in [1.29, 1.82) is 0 Å². The number of aliphatic hydroxyl groups is 2. The number of nitrogens with zero attached hydrogens (tertiary/aromatic N) is 4. The summed E-state index contributed by atoms with van der Waals surface area (Å²) in [5, 5.41) is 24.7. The number of fused-ring (bicyclic) bond motifs is 6. The summed E-state index contributed by atoms with van der Waals surface area (Å²) in [6, 6.07) is 28.6. The van der Waals surface area contributed by atoms with Crippen molar-refractivity contribution in [3.05, 3.63) is 107 Å². The van der Waals surface area contributed by atoms with E-state index in [0.717, 1.165) is 120 Å². The molecule has 12 heteroatoms. The van der Waals surface area contributed by atoms with Gasteiger partial charge >= 0.3 is 5.97 Å². The zero-order valence-corrected chi connectivity index (χ0v) is 38.9. The van der Waals surface area contributed by atoms with Gasteiger partial charge in [-0.15, -0.1) is 0 Å². The lowest BCUT2D eigenvalue weighted by molar-refractivity contribution is 0.0520. The molecule has 8 aromatic rings. The Morgan fingerprint density at radius 1 is 0.576 bits per heavy atom. The highest BCUT2D eigenvalue weighted by Gasteiger charge is 2.24. The number of carbonyl (C=O) groups excluding carboxylic acids is 1. The molecule has 66 heavy (non-hydrogen) atoms. The zero-order valence-electron chi connectivity index (χ0n) is 38.9. The molecule has 344 valence electrons. The summed E-state index contributed by atoms with van der Waals surface area (Å²) in [6.07, 6.45) is 8.31. The second-order valence-corrected chi connectivity index (χ2v) is 16.5. The van der Waals surface area contributed by atoms with Crippen LogP contribution in [0.25, 0.3) is 66.1 Å². The Hall–Kier alpha value is -6.63. The standard InChI is InChI=1S/C54H60N4O8/c1-7-37-30-40-38-20-14-16-22-44(38)57(51(40)49(55-37)34-26-36(32-59)42(33-60)46(27-34)62-3)24-18-12-10-9-11-13-19-25-58-45-23-17-15-21-39(45)41-31-43(54(61)66-8-2)56-50(52(41)58)35-28-47(63-4)53(65-6)48(29-35)64-5/h14-17,20-23,26-31,59-60H,7-13,18-19,24-25,32-33H2,1-6H3. The fraction of sp³-hybridized carbons (Fsp3) is 0.352. The summed E-state index contributed by atoms with van der Waals surface area (Å²) < 4.78 is 33.0. The van der Waals surface area contributed by atoms with Gasteiger partial charge in [-0.05, 0) is 80.3 Å². The van der Waals surface area contributed by atoms with E-state index in [0.29, 0.717) is 39.8 Å². The molecule has 0 saturated heterocycles. The molecule has 4 aromatic heterocycles. The predicted molar refractivity (Wildman–Crippen MR) is 261 cm³/mol. The molecule has 0 aliphatic heterocycles. The number of para-hydroxylation sites is 2. The smallest absolute Gasteiger partial charge is 0.356 e. The highest BCUT2D eigenvalue weighted by atomic mass is 16.5. The molecular weight excluding hydrogens is 833 g/mol. The molecule has 0 amide bonds. The van der Waals surface area contributed by atoms with Gasteiger partial charge in [0.15, 0.2) is 11.5 Å². The van der Waals surface area contributed by atoms with Crippen LogP contribution < -0.4 is 18.9 Å². The van der Waals surface area contributed by atoms with E-state index >= 15 is 0 Å². The number of benzene rings is 4. The van der Waals surface area contributed by atoms with Crippen molar-refractivity contribution in [2.24, 2.45) is 0 Å². The number of esters is 1. The Balaban J connectivity index is 0.997. The van der Waals surface area contributed by atoms with Gasteiger partial charge in [0.2, 0.25) is 5.75 Å². The Bertz CT molecular complexity index is 2970. The number of aliphatic hydroxyl groups excluding tert-OH is 2. The molecule has 0 fully saturated rings. The van der Waals surface area contributed by atoms with Gasteiger partial charge in [0, 0.05) is 68.1 Å². The molecule has 4 heterocycles. The van der Waals surface area contributed by atoms with E-state index < -0.39 is 5.97 Å². The van der Waals surface area contributed by atoms with Crippen LogP contribution in [0.2, 0.25) is 0 Å². The summed E-state index contributed by atoms with van der Waals surface area (Å²) in [6.45, 7) is 5.33. The van der Waals surface area contributed by atoms with Crippen LogP contribution in [-0.4, -0.2) is 70.3 Å². The first kappa shape index (κ1) is 45.9. The summed E-state index contributed by atoms with van der Waals surface area (Å²) >= 11 is 0. The van der Waals surface area contributed by atoms with Gasteiger partial charge in [-0.1, -0.05) is 75.4 Å². The number of rotatable bonds is 21. The number of ether oxygens (including phenoxy) is 5. The SMILES string of the molecule is CCOC(=O)c1cc2c3ccccc3n(CCCCCCCCCn3c4ccccc4c4cc(CC)nc(-c5cc(CO)c(CO)c(OC)c5)c43)c2c(-c2cc(OC)c(OC)c(OC)c2)n1. The first-order valence-corrected chi connectivity index (χ1v) is 23.0. The summed E-state index contributed by atoms with van der Waals surface area (Å²) in [5.41, 5.74) is 9.78. The highest BCUT2D eigenvalue weighted by molar-refractivity contribution is 6.14. The van der Waals surface area contributed by atoms with E-state index in [1.807, 2.05) is 36.4 Å². The third-order valence-electron chi connectivity index (χ3n) is 12.7. The second-order valence-electron chi connectivity index (χ2n) is 16.5. The fourth-order valence-electron chi connectivity index (χ4n) is 9.54. The highest BCUT2D eigenvalue weighted by Crippen LogP contribution is 2.44. The number of carbonyl (C=O) groups is 1. The minimum absolute atomic E-state index is 0.214. The molecule has 12 nitrogen and oxygen atoms in total. The minimum atomic E-state index is -0.476. The van der Waals surface area contributed by atoms with Gasteiger partial charge in [-0.25, -0.2) is 9.78 Å². The molecule has 8 rings (SSSR count). The van der Waals surface area contributed by atoms with Crippen molar-refractivity contribution in [2.45, 2.75) is 91.5 Å². The van der Waals surface area contributed by atoms with Crippen molar-refractivity contribution in [1.82, 2.24) is 19.1 Å². The Morgan fingerprint density at radius 2 is 1.09 bits per heavy atom. The molecule has 0 spiro atoms. The maximum absolute atomic E-state index is 13.2. The van der Waals surface area contributed by atoms with Crippen LogP contribution in [0.3, 0.4) is 0 Å². The molecule has 0 saturated carbocycles. The third kappa shape index (κ3) is 8.75. The lowest BCUT2D eigenvalue weighted by Gasteiger charge is -2.16. The lowest BCUT2D eigenvalue weighted by Crippen LogP contribution is -2.09. The van der Waals surface area contributed by atoms with Crippen LogP contribution in [0.15, 0.2) is 84.9 Å². The molecule has 4 aromatic carbocycles. The summed E-state index contributed by atoms with van der Waals surface area (Å²) in [7, 11) is 6.34. The average molecular weight is 893 g/mol. The van der Waals surface area contributed by atoms with Crippen molar-refractivity contribution < 1.29 is 38.7 Å². The van der Waals surface area contributed by atoms with Gasteiger partial charge in [0.25, 0.3) is 0 Å². The average Bonchev–Trinajstić information content (AvgIpc) is 3.85. The van der Waals surface area contributed by atoms with E-state index in [2.05, 4.69) is 64.6 Å². The molecule has 0 aliphatic rings. The van der Waals surface area contributed by atoms with Crippen molar-refractivity contribution in [2.75, 3.05) is 35.0 Å². The number of methoxy groups -OCH3 is 4. The maximum atomic E-state index is 13.2. The molecule has 0 unspecified atom stereocenters. The lowest BCUT2D eigenvalue weighted by atomic mass is 9.99. The van der Waals surface area contributed by atoms with E-state index in [9.17, 15) is 15.0 Å². The fourth-order valence-corrected chi connectivity index (χ4v) is 9.54. The second kappa shape index (κ2) is 20.7. The Morgan fingerprint density at radius 3 is 1.61 bits per heavy atom. The number of hydrogen-bond donors (Lipinski definition) is 2. The van der Waals surface area contributed by atoms with Crippen LogP contribution >= 0.6 is 0 Å². The zero-order chi connectivity index (χ0) is 46.3. The maximum Gasteiger partial charge on any atom is 0.356 e. The molecule has 0 aliphatic carbocycles. The third-order valence-corrected chi connectivity index (χ3v) is 12.7. The van der Waals surface area contributed by atoms with Crippen LogP contribution in [0.1, 0.15) is 86.1 Å². The van der Waals surface area contributed by atoms with Crippen LogP contribution in [0.5, 0.6) is 23.0 Å². The molecule has 0 bridgehead atoms. The first-order chi connectivity index (χ1) is 32.3. The van der Waals surface area contributed by atoms with E-state index in [-0.39, 0.29) is 25.5 Å². The normalized spacial score (nSPS) is 11.6. The van der Waals surface area contributed by atoms with E-state index in [4.69, 9.17) is 33.7 Å². The number of aryl methyl sites for hydroxylation is 3. The monoisotopic (exact) mass is 892 g/mol. The van der Waals surface area contributed by atoms with Crippen molar-refractivity contribution >= 4 is 49.6 Å². The largest absolute Gasteiger partial charge is 0.496 e. The first-order valence-electron chi connectivity index (χ1n) is 23.0. The van der Waals surface area contributed by atoms with E-state index in [1.54, 1.807) is 35.4 Å². The van der Waals surface area contributed by atoms with Gasteiger partial charge in [-0.3, -0.25) is 4.98 Å². The molecular formula is C54H60N4O8. The number of pyridine rings is 2. The quantitative estimate of drug-likeness (QED) is 0.0529. The van der Waals surface area contributed by atoms with Crippen LogP contribution in [0.4, 0.5) is 0 Å². The molecule has 2 N–H and O–H groups in total. The van der Waals surface area contributed by atoms with Crippen molar-refractivity contribution in [3.8, 4) is 45.5 Å². The Labute approximate surface area is 385 Å². The number of aromatic nitrogens is 4. The predicted octanol–water partition coefficient (Wildman–Crippen LogP) is 11.2. The van der Waals surface area contributed by atoms with Gasteiger partial charge in [-0.2, -0.15) is 0 Å². The number of hydrogen-bond acceptors (Lipinski definition) is 10. The van der Waals surface area contributed by atoms with Crippen LogP contribution in [0, 0.1) is 0 Å². The van der Waals surface area contributed by atoms with E-state index in [1.165, 1.54) is 10.9 Å². The van der Waals surface area contributed by atoms with Crippen LogP contribution in [-0.2, 0) is 37.5 Å². The Kier molecular flexibility index (Phi) is 14.4. The van der Waals surface area contributed by atoms with Gasteiger partial charge in [0.05, 0.1) is 70.7 Å². The van der Waals surface area contributed by atoms with Gasteiger partial charge in [0.1, 0.15) is 11.4 Å². The summed E-state index contributed by atoms with van der Waals surface area (Å²) in [5.74, 6) is 1.53. The summed E-state index contributed by atoms with van der Waals surface area (Å²) in [4.78, 5) is 23.4. The number of unbranched alkanes of at least 4 members (excludes halogenated alkanes) is 6. The topological polar surface area (TPSA) is 139 Å². The van der Waals surface area contributed by atoms with Gasteiger partial charge < -0.3 is 43.0 Å². The molecule has 0 atom stereocenters.